The number of pyridine rings is 3. The van der Waals surface area contributed by atoms with E-state index in [-0.39, 0.29) is 36.4 Å². The molecule has 0 saturated carbocycles. The van der Waals surface area contributed by atoms with Crippen LogP contribution in [-0.4, -0.2) is 28.7 Å². The van der Waals surface area contributed by atoms with E-state index in [0.717, 1.165) is 184 Å². The summed E-state index contributed by atoms with van der Waals surface area (Å²) in [4.78, 5) is 15.3. The molecule has 0 aliphatic rings. The standard InChI is InChI=1S/C123H93N6.Ir/c1-121(2,3)88-61-64-124-112(76-88)82-50-55-100(107(72-82)79-53-59-118-110(70-79)104-44-26-29-47-116(104)127(118)91-31-13-10-14-32-91)97-40-22-19-37-94(97)85-67-86(95-38-20-23-41-98(95)101-56-51-83(113-77-89(62-65-125-113)122(4,5)6)73-108(101)80-54-60-119-111(71-80)105-45-27-30-48-117(105)128(119)92-33-15-11-16-34-92)69-87(68-85)96-39-21-24-42-99(96)102-57-52-84(114-78-90(63-66-126-114)123(7,8)9)74-109(102)81-49-58-106-103-43-25-28-46-115(103)129(120(106)75-81)93-35-17-12-18-36-93;/h10-49,53-78H,1-9H3;/q-3;+3. The normalized spacial score (nSPS) is 12.0. The van der Waals surface area contributed by atoms with Crippen molar-refractivity contribution in [2.75, 3.05) is 0 Å². The van der Waals surface area contributed by atoms with Gasteiger partial charge in [0.15, 0.2) is 0 Å². The van der Waals surface area contributed by atoms with Gasteiger partial charge < -0.3 is 28.7 Å². The molecule has 0 atom stereocenters. The first-order valence-electron chi connectivity index (χ1n) is 44.7. The molecule has 16 aromatic carbocycles. The molecular weight excluding hydrogens is 1750 g/mol. The number of hydrogen-bond donors (Lipinski definition) is 0. The molecule has 0 fully saturated rings. The fourth-order valence-electron chi connectivity index (χ4n) is 19.4. The number of nitrogens with zero attached hydrogens (tertiary/aromatic N) is 6. The van der Waals surface area contributed by atoms with E-state index in [1.165, 1.54) is 49.0 Å². The van der Waals surface area contributed by atoms with E-state index in [2.05, 4.69) is 476 Å². The Labute approximate surface area is 773 Å². The molecule has 0 aliphatic carbocycles. The van der Waals surface area contributed by atoms with Crippen molar-refractivity contribution in [1.29, 1.82) is 0 Å². The Morgan fingerprint density at radius 3 is 0.808 bits per heavy atom. The van der Waals surface area contributed by atoms with Crippen LogP contribution in [0.25, 0.3) is 216 Å². The summed E-state index contributed by atoms with van der Waals surface area (Å²) in [7, 11) is 0. The van der Waals surface area contributed by atoms with Crippen LogP contribution in [0.5, 0.6) is 0 Å². The second kappa shape index (κ2) is 33.0. The first-order valence-corrected chi connectivity index (χ1v) is 44.7. The molecule has 0 N–H and O–H groups in total. The number of para-hydroxylation sites is 6. The monoisotopic (exact) mass is 1850 g/mol. The maximum atomic E-state index is 5.12. The van der Waals surface area contributed by atoms with Gasteiger partial charge >= 0.3 is 20.1 Å². The minimum Gasteiger partial charge on any atom is -0.309 e. The number of benzene rings is 16. The summed E-state index contributed by atoms with van der Waals surface area (Å²) in [6, 6.07) is 153. The Morgan fingerprint density at radius 1 is 0.200 bits per heavy atom. The summed E-state index contributed by atoms with van der Waals surface area (Å²) in [5.74, 6) is 0. The van der Waals surface area contributed by atoms with Gasteiger partial charge in [0, 0.05) is 68.0 Å². The van der Waals surface area contributed by atoms with E-state index in [4.69, 9.17) is 15.0 Å². The SMILES string of the molecule is CC(C)(C)c1ccnc(-c2[c-]cc(-c3ccccc3-c3cc(-c4ccccc4-c4c[c-]c(-c5cc(C(C)(C)C)ccn5)cc4-c4ccc5c(c4)c4ccccc4n5-c4ccccc4)cc(-c4ccccc4-c4c[c-]c(-c5cc(C(C)(C)C)ccn5)cc4-c4ccc5c6ccccc6n(-c6ccccc6)c5c4)c3)c(-c3ccc4c(c3)c3ccccc3n4-c3ccccc3)c2)c1.[Ir+3]. The van der Waals surface area contributed by atoms with Crippen molar-refractivity contribution < 1.29 is 20.1 Å². The number of aromatic nitrogens is 6. The Morgan fingerprint density at radius 2 is 0.469 bits per heavy atom. The zero-order chi connectivity index (χ0) is 87.4. The molecule has 22 aromatic rings. The molecule has 7 heteroatoms. The van der Waals surface area contributed by atoms with Gasteiger partial charge in [0.2, 0.25) is 0 Å². The minimum atomic E-state index is -0.114. The Kier molecular flexibility index (Phi) is 20.8. The quantitative estimate of drug-likeness (QED) is 0.0961. The summed E-state index contributed by atoms with van der Waals surface area (Å²) < 4.78 is 7.21. The van der Waals surface area contributed by atoms with E-state index < -0.39 is 0 Å². The van der Waals surface area contributed by atoms with E-state index in [9.17, 15) is 0 Å². The second-order valence-electron chi connectivity index (χ2n) is 37.3. The van der Waals surface area contributed by atoms with Gasteiger partial charge in [-0.25, -0.2) is 0 Å². The van der Waals surface area contributed by atoms with Crippen molar-refractivity contribution in [3.8, 4) is 151 Å². The van der Waals surface area contributed by atoms with Crippen LogP contribution in [0.15, 0.2) is 401 Å². The van der Waals surface area contributed by atoms with Crippen LogP contribution in [0.2, 0.25) is 0 Å². The van der Waals surface area contributed by atoms with E-state index >= 15 is 0 Å². The predicted octanol–water partition coefficient (Wildman–Crippen LogP) is 32.5. The molecule has 624 valence electrons. The molecule has 22 rings (SSSR count). The third-order valence-corrected chi connectivity index (χ3v) is 26.1. The smallest absolute Gasteiger partial charge is 0.309 e. The molecule has 0 unspecified atom stereocenters. The average Bonchev–Trinajstić information content (AvgIpc) is 1.55. The van der Waals surface area contributed by atoms with Crippen molar-refractivity contribution in [2.24, 2.45) is 0 Å². The van der Waals surface area contributed by atoms with Gasteiger partial charge in [0.05, 0.1) is 33.1 Å². The third-order valence-electron chi connectivity index (χ3n) is 26.1. The molecule has 0 saturated heterocycles. The van der Waals surface area contributed by atoms with Crippen molar-refractivity contribution in [3.05, 3.63) is 436 Å². The maximum absolute atomic E-state index is 5.12. The van der Waals surface area contributed by atoms with E-state index in [0.29, 0.717) is 0 Å². The zero-order valence-corrected chi connectivity index (χ0v) is 76.5. The first kappa shape index (κ1) is 82.0. The van der Waals surface area contributed by atoms with Gasteiger partial charge in [0.25, 0.3) is 0 Å². The van der Waals surface area contributed by atoms with Crippen LogP contribution < -0.4 is 0 Å². The van der Waals surface area contributed by atoms with E-state index in [1.54, 1.807) is 0 Å². The van der Waals surface area contributed by atoms with Crippen LogP contribution in [0.1, 0.15) is 79.0 Å². The number of hydrogen-bond acceptors (Lipinski definition) is 3. The molecule has 6 heterocycles. The van der Waals surface area contributed by atoms with Crippen molar-refractivity contribution >= 4 is 65.4 Å². The summed E-state index contributed by atoms with van der Waals surface area (Å²) in [5.41, 5.74) is 37.8. The van der Waals surface area contributed by atoms with Gasteiger partial charge in [-0.05, 0) is 221 Å². The van der Waals surface area contributed by atoms with Gasteiger partial charge in [-0.2, -0.15) is 0 Å². The van der Waals surface area contributed by atoms with Gasteiger partial charge in [-0.1, -0.05) is 337 Å². The van der Waals surface area contributed by atoms with Gasteiger partial charge in [-0.3, -0.25) is 0 Å². The van der Waals surface area contributed by atoms with Crippen molar-refractivity contribution in [2.45, 2.75) is 78.6 Å². The second-order valence-corrected chi connectivity index (χ2v) is 37.3. The van der Waals surface area contributed by atoms with Crippen LogP contribution >= 0.6 is 0 Å². The van der Waals surface area contributed by atoms with Crippen molar-refractivity contribution in [1.82, 2.24) is 28.7 Å². The summed E-state index contributed by atoms with van der Waals surface area (Å²) in [6.45, 7) is 20.4. The minimum absolute atomic E-state index is 0. The largest absolute Gasteiger partial charge is 3.00 e. The number of fused-ring (bicyclic) bond motifs is 9. The third kappa shape index (κ3) is 14.9. The average molecular weight is 1850 g/mol. The number of rotatable bonds is 15. The van der Waals surface area contributed by atoms with E-state index in [1.807, 2.05) is 18.6 Å². The summed E-state index contributed by atoms with van der Waals surface area (Å²) in [6.07, 6.45) is 5.85. The molecule has 0 radical (unpaired) electrons. The van der Waals surface area contributed by atoms with Crippen LogP contribution in [-0.2, 0) is 36.4 Å². The molecular formula is C123H93IrN6. The Hall–Kier alpha value is -15.0. The predicted molar refractivity (Wildman–Crippen MR) is 541 cm³/mol. The van der Waals surface area contributed by atoms with Gasteiger partial charge in [-0.15, -0.1) is 71.3 Å². The zero-order valence-electron chi connectivity index (χ0n) is 74.1. The fraction of sp³-hybridized carbons (Fsp3) is 0.0976. The topological polar surface area (TPSA) is 53.5 Å². The Bertz CT molecular complexity index is 7830. The molecule has 0 spiro atoms. The first-order chi connectivity index (χ1) is 62.9. The van der Waals surface area contributed by atoms with Crippen molar-refractivity contribution in [3.63, 3.8) is 0 Å². The summed E-state index contributed by atoms with van der Waals surface area (Å²) >= 11 is 0. The molecule has 0 bridgehead atoms. The maximum Gasteiger partial charge on any atom is 3.00 e. The summed E-state index contributed by atoms with van der Waals surface area (Å²) in [5, 5.41) is 7.07. The fourth-order valence-corrected chi connectivity index (χ4v) is 19.4. The molecule has 0 amide bonds. The van der Waals surface area contributed by atoms with Crippen LogP contribution in [0.4, 0.5) is 0 Å². The molecule has 0 aliphatic heterocycles. The van der Waals surface area contributed by atoms with Gasteiger partial charge in [0.1, 0.15) is 0 Å². The molecule has 130 heavy (non-hydrogen) atoms. The molecule has 6 aromatic heterocycles. The Balaban J connectivity index is 0.0000102. The molecule has 6 nitrogen and oxygen atoms in total. The van der Waals surface area contributed by atoms with Crippen LogP contribution in [0.3, 0.4) is 0 Å². The van der Waals surface area contributed by atoms with Crippen LogP contribution in [0, 0.1) is 18.2 Å².